The van der Waals surface area contributed by atoms with E-state index in [2.05, 4.69) is 112 Å². The molecule has 2 aliphatic heterocycles. The summed E-state index contributed by atoms with van der Waals surface area (Å²) in [6, 6.07) is 20.2. The smallest absolute Gasteiger partial charge is 0.335 e. The minimum absolute atomic E-state index is 0.0357. The number of piperazine rings is 1. The Morgan fingerprint density at radius 1 is 0.836 bits per heavy atom. The van der Waals surface area contributed by atoms with Crippen molar-refractivity contribution in [2.75, 3.05) is 26.2 Å². The fourth-order valence-electron chi connectivity index (χ4n) is 15.9. The number of hydrogen-bond acceptors (Lipinski definition) is 4. The first kappa shape index (κ1) is 37.8. The van der Waals surface area contributed by atoms with E-state index in [1.165, 1.54) is 99.7 Å². The molecule has 2 bridgehead atoms. The molecule has 5 nitrogen and oxygen atoms in total. The van der Waals surface area contributed by atoms with Gasteiger partial charge in [0, 0.05) is 50.3 Å². The minimum Gasteiger partial charge on any atom is -0.478 e. The first-order valence-electron chi connectivity index (χ1n) is 22.2. The van der Waals surface area contributed by atoms with Gasteiger partial charge < -0.3 is 10.4 Å². The van der Waals surface area contributed by atoms with E-state index in [1.54, 1.807) is 12.1 Å². The van der Waals surface area contributed by atoms with Gasteiger partial charge in [-0.1, -0.05) is 95.3 Å². The third-order valence-electron chi connectivity index (χ3n) is 18.7. The second kappa shape index (κ2) is 13.4. The number of carbonyl (C=O) groups is 1. The van der Waals surface area contributed by atoms with Crippen molar-refractivity contribution in [1.29, 1.82) is 0 Å². The average molecular weight is 744 g/mol. The van der Waals surface area contributed by atoms with E-state index in [0.717, 1.165) is 25.4 Å². The van der Waals surface area contributed by atoms with Crippen molar-refractivity contribution < 1.29 is 9.90 Å². The molecule has 2 aromatic rings. The summed E-state index contributed by atoms with van der Waals surface area (Å²) in [5.74, 6) is 2.53. The Morgan fingerprint density at radius 2 is 1.56 bits per heavy atom. The molecule has 5 aliphatic carbocycles. The van der Waals surface area contributed by atoms with Crippen LogP contribution in [0.3, 0.4) is 0 Å². The topological polar surface area (TPSA) is 55.8 Å². The van der Waals surface area contributed by atoms with Crippen molar-refractivity contribution in [2.24, 2.45) is 51.2 Å². The lowest BCUT2D eigenvalue weighted by molar-refractivity contribution is -0.219. The van der Waals surface area contributed by atoms with Gasteiger partial charge in [-0.15, -0.1) is 0 Å². The number of hydrogen-bond donors (Lipinski definition) is 2. The van der Waals surface area contributed by atoms with Crippen LogP contribution in [0.4, 0.5) is 0 Å². The van der Waals surface area contributed by atoms with E-state index in [0.29, 0.717) is 52.1 Å². The van der Waals surface area contributed by atoms with Gasteiger partial charge in [-0.25, -0.2) is 4.79 Å². The van der Waals surface area contributed by atoms with Crippen molar-refractivity contribution in [2.45, 2.75) is 130 Å². The molecule has 0 spiro atoms. The van der Waals surface area contributed by atoms with Crippen molar-refractivity contribution in [3.63, 3.8) is 0 Å². The fourth-order valence-corrected chi connectivity index (χ4v) is 15.9. The van der Waals surface area contributed by atoms with Gasteiger partial charge in [0.1, 0.15) is 0 Å². The normalized spacial score (nSPS) is 41.9. The third-order valence-corrected chi connectivity index (χ3v) is 18.7. The highest BCUT2D eigenvalue weighted by atomic mass is 16.4. The SMILES string of the molecule is C=C(C)[C@@H]1CC[C@]2(NCCN3C[C@@H]4C[C@H]3CN4Cc3ccccc3)CC[C@]3(C)[C@H](CC[C@@H]4[C@@]5(C)CC=C(c6ccc(C(=O)O)cc6)C(C)(C)[C@@H]5CC[C@]43C)[C@@H]12. The van der Waals surface area contributed by atoms with Gasteiger partial charge >= 0.3 is 5.97 Å². The van der Waals surface area contributed by atoms with Gasteiger partial charge in [0.05, 0.1) is 5.56 Å². The maximum atomic E-state index is 11.6. The van der Waals surface area contributed by atoms with Gasteiger partial charge in [-0.05, 0) is 151 Å². The predicted octanol–water partition coefficient (Wildman–Crippen LogP) is 10.3. The minimum atomic E-state index is -0.852. The maximum absolute atomic E-state index is 11.6. The van der Waals surface area contributed by atoms with Crippen LogP contribution in [-0.4, -0.2) is 64.7 Å². The zero-order chi connectivity index (χ0) is 38.5. The summed E-state index contributed by atoms with van der Waals surface area (Å²) in [4.78, 5) is 17.2. The van der Waals surface area contributed by atoms with Gasteiger partial charge in [0.2, 0.25) is 0 Å². The highest BCUT2D eigenvalue weighted by Crippen LogP contribution is 2.76. The van der Waals surface area contributed by atoms with Gasteiger partial charge in [-0.3, -0.25) is 9.80 Å². The van der Waals surface area contributed by atoms with Crippen LogP contribution in [-0.2, 0) is 6.54 Å². The molecule has 5 heteroatoms. The zero-order valence-electron chi connectivity index (χ0n) is 34.9. The molecule has 0 amide bonds. The maximum Gasteiger partial charge on any atom is 0.335 e. The number of allylic oxidation sites excluding steroid dienone is 3. The first-order valence-corrected chi connectivity index (χ1v) is 22.2. The Balaban J connectivity index is 0.919. The molecule has 2 N–H and O–H groups in total. The van der Waals surface area contributed by atoms with Crippen LogP contribution in [0.5, 0.6) is 0 Å². The second-order valence-corrected chi connectivity index (χ2v) is 21.1. The monoisotopic (exact) mass is 744 g/mol. The standard InChI is InChI=1S/C50H69N3O2/c1-33(2)39-19-24-50(51-27-28-52-31-38-29-37(52)32-53(38)30-34-11-9-8-10-12-34)26-25-48(6)41(44(39)50)17-18-43-47(5)22-20-40(35-13-15-36(16-14-35)45(54)55)46(3,4)42(47)21-23-49(43,48)7/h8-16,20,37-39,41-44,51H,1,17-19,21-32H2,2-7H3,(H,54,55)/t37-,38-,39-,41+,42-,43+,44+,47-,48+,49+,50-/m0/s1. The molecule has 2 heterocycles. The van der Waals surface area contributed by atoms with E-state index in [4.69, 9.17) is 0 Å². The largest absolute Gasteiger partial charge is 0.478 e. The number of rotatable bonds is 9. The molecule has 7 aliphatic rings. The van der Waals surface area contributed by atoms with Crippen molar-refractivity contribution in [1.82, 2.24) is 15.1 Å². The van der Waals surface area contributed by atoms with Crippen LogP contribution in [0.15, 0.2) is 72.8 Å². The van der Waals surface area contributed by atoms with E-state index in [-0.39, 0.29) is 16.4 Å². The van der Waals surface area contributed by atoms with Gasteiger partial charge in [-0.2, -0.15) is 0 Å². The molecule has 0 unspecified atom stereocenters. The molecule has 0 radical (unpaired) electrons. The number of benzene rings is 2. The van der Waals surface area contributed by atoms with Crippen LogP contribution in [0.1, 0.15) is 127 Å². The average Bonchev–Trinajstić information content (AvgIpc) is 3.85. The second-order valence-electron chi connectivity index (χ2n) is 21.1. The Hall–Kier alpha value is -2.73. The Kier molecular flexibility index (Phi) is 9.23. The van der Waals surface area contributed by atoms with Crippen LogP contribution in [0.25, 0.3) is 5.57 Å². The summed E-state index contributed by atoms with van der Waals surface area (Å²) in [5, 5.41) is 13.9. The lowest BCUT2D eigenvalue weighted by Crippen LogP contribution is -2.68. The molecule has 11 atom stereocenters. The van der Waals surface area contributed by atoms with Crippen molar-refractivity contribution in [3.8, 4) is 0 Å². The third kappa shape index (κ3) is 5.74. The quantitative estimate of drug-likeness (QED) is 0.251. The van der Waals surface area contributed by atoms with Gasteiger partial charge in [0.25, 0.3) is 0 Å². The summed E-state index contributed by atoms with van der Waals surface area (Å²) in [7, 11) is 0. The van der Waals surface area contributed by atoms with E-state index < -0.39 is 5.97 Å². The number of aromatic carboxylic acids is 1. The highest BCUT2D eigenvalue weighted by molar-refractivity contribution is 5.88. The predicted molar refractivity (Wildman–Crippen MR) is 225 cm³/mol. The molecule has 2 aromatic carbocycles. The molecule has 2 saturated heterocycles. The Bertz CT molecular complexity index is 1830. The van der Waals surface area contributed by atoms with Gasteiger partial charge in [0.15, 0.2) is 0 Å². The van der Waals surface area contributed by atoms with Crippen molar-refractivity contribution in [3.05, 3.63) is 89.5 Å². The van der Waals surface area contributed by atoms with Crippen LogP contribution in [0.2, 0.25) is 0 Å². The molecule has 55 heavy (non-hydrogen) atoms. The molecule has 6 fully saturated rings. The molecule has 9 rings (SSSR count). The van der Waals surface area contributed by atoms with Crippen LogP contribution in [0, 0.1) is 51.2 Å². The van der Waals surface area contributed by atoms with Crippen LogP contribution < -0.4 is 5.32 Å². The Labute approximate surface area is 332 Å². The first-order chi connectivity index (χ1) is 26.2. The number of likely N-dealkylation sites (tertiary alicyclic amines) is 2. The van der Waals surface area contributed by atoms with E-state index in [9.17, 15) is 9.90 Å². The Morgan fingerprint density at radius 3 is 2.25 bits per heavy atom. The molecular weight excluding hydrogens is 675 g/mol. The van der Waals surface area contributed by atoms with E-state index in [1.807, 2.05) is 0 Å². The van der Waals surface area contributed by atoms with Crippen molar-refractivity contribution >= 4 is 11.5 Å². The lowest BCUT2D eigenvalue weighted by Gasteiger charge is -2.72. The number of carboxylic acid groups (broad SMARTS) is 1. The number of fused-ring (bicyclic) bond motifs is 9. The molecule has 0 aromatic heterocycles. The summed E-state index contributed by atoms with van der Waals surface area (Å²) in [5.41, 5.74) is 7.06. The summed E-state index contributed by atoms with van der Waals surface area (Å²) in [6.07, 6.45) is 15.6. The fraction of sp³-hybridized carbons (Fsp3) is 0.660. The molecule has 4 saturated carbocycles. The summed E-state index contributed by atoms with van der Waals surface area (Å²) < 4.78 is 0. The summed E-state index contributed by atoms with van der Waals surface area (Å²) >= 11 is 0. The lowest BCUT2D eigenvalue weighted by atomic mass is 9.33. The molecule has 296 valence electrons. The number of carboxylic acids is 1. The highest BCUT2D eigenvalue weighted by Gasteiger charge is 2.70. The number of nitrogens with one attached hydrogen (secondary N) is 1. The summed E-state index contributed by atoms with van der Waals surface area (Å²) in [6.45, 7) is 26.1. The number of nitrogens with zero attached hydrogens (tertiary/aromatic N) is 2. The molecular formula is C50H69N3O2. The zero-order valence-corrected chi connectivity index (χ0v) is 34.9. The van der Waals surface area contributed by atoms with E-state index >= 15 is 0 Å². The van der Waals surface area contributed by atoms with Crippen LogP contribution >= 0.6 is 0 Å².